The van der Waals surface area contributed by atoms with Gasteiger partial charge in [0.25, 0.3) is 0 Å². The minimum Gasteiger partial charge on any atom is -0.481 e. The molecule has 1 heterocycles. The molecule has 0 unspecified atom stereocenters. The van der Waals surface area contributed by atoms with Gasteiger partial charge in [0, 0.05) is 6.42 Å². The molecule has 1 aliphatic heterocycles. The number of unbranched alkanes of at least 4 members (excludes halogenated alkanes) is 1. The van der Waals surface area contributed by atoms with Gasteiger partial charge in [0.15, 0.2) is 0 Å². The van der Waals surface area contributed by atoms with E-state index in [1.54, 1.807) is 0 Å². The second-order valence-electron chi connectivity index (χ2n) is 4.49. The number of aliphatic carboxylic acids is 1. The van der Waals surface area contributed by atoms with Crippen LogP contribution in [0.5, 0.6) is 0 Å². The van der Waals surface area contributed by atoms with Gasteiger partial charge in [0.1, 0.15) is 0 Å². The number of ether oxygens (including phenoxy) is 1. The van der Waals surface area contributed by atoms with Crippen LogP contribution in [0, 0.1) is 5.92 Å². The summed E-state index contributed by atoms with van der Waals surface area (Å²) in [5.74, 6) is -0.994. The summed E-state index contributed by atoms with van der Waals surface area (Å²) >= 11 is 0. The molecule has 1 fully saturated rings. The van der Waals surface area contributed by atoms with Gasteiger partial charge in [-0.15, -0.1) is 0 Å². The second-order valence-corrected chi connectivity index (χ2v) is 4.49. The Balaban J connectivity index is 2.06. The maximum atomic E-state index is 10.9. The van der Waals surface area contributed by atoms with Crippen LogP contribution in [-0.4, -0.2) is 48.7 Å². The van der Waals surface area contributed by atoms with E-state index >= 15 is 0 Å². The molecular formula is C12H21NO4. The summed E-state index contributed by atoms with van der Waals surface area (Å²) in [7, 11) is 1.40. The summed E-state index contributed by atoms with van der Waals surface area (Å²) in [5.41, 5.74) is 0. The molecule has 17 heavy (non-hydrogen) atoms. The Morgan fingerprint density at radius 1 is 1.29 bits per heavy atom. The number of carbonyl (C=O) groups is 2. The molecule has 0 saturated carbocycles. The van der Waals surface area contributed by atoms with E-state index in [0.29, 0.717) is 6.42 Å². The Morgan fingerprint density at radius 2 is 1.94 bits per heavy atom. The molecule has 0 radical (unpaired) electrons. The average Bonchev–Trinajstić information content (AvgIpc) is 2.34. The zero-order valence-electron chi connectivity index (χ0n) is 10.4. The van der Waals surface area contributed by atoms with Crippen molar-refractivity contribution in [2.75, 3.05) is 26.7 Å². The topological polar surface area (TPSA) is 66.8 Å². The molecular weight excluding hydrogens is 222 g/mol. The van der Waals surface area contributed by atoms with Crippen molar-refractivity contribution in [1.82, 2.24) is 4.90 Å². The monoisotopic (exact) mass is 243 g/mol. The molecule has 1 aliphatic rings. The third-order valence-electron chi connectivity index (χ3n) is 3.27. The molecule has 0 amide bonds. The van der Waals surface area contributed by atoms with Gasteiger partial charge in [-0.1, -0.05) is 0 Å². The molecule has 1 saturated heterocycles. The highest BCUT2D eigenvalue weighted by Crippen LogP contribution is 2.17. The SMILES string of the molecule is COC(=O)CCCCN1CCC(C(=O)O)CC1. The van der Waals surface area contributed by atoms with E-state index in [1.165, 1.54) is 7.11 Å². The maximum absolute atomic E-state index is 10.9. The number of hydrogen-bond donors (Lipinski definition) is 1. The number of carboxylic acids is 1. The van der Waals surface area contributed by atoms with Crippen molar-refractivity contribution in [2.24, 2.45) is 5.92 Å². The first kappa shape index (κ1) is 14.0. The smallest absolute Gasteiger partial charge is 0.306 e. The summed E-state index contributed by atoms with van der Waals surface area (Å²) < 4.78 is 4.56. The Labute approximate surface area is 102 Å². The Morgan fingerprint density at radius 3 is 2.47 bits per heavy atom. The van der Waals surface area contributed by atoms with Crippen LogP contribution in [0.4, 0.5) is 0 Å². The summed E-state index contributed by atoms with van der Waals surface area (Å²) in [4.78, 5) is 23.9. The molecule has 0 atom stereocenters. The number of carboxylic acid groups (broad SMARTS) is 1. The van der Waals surface area contributed by atoms with Crippen molar-refractivity contribution in [3.63, 3.8) is 0 Å². The lowest BCUT2D eigenvalue weighted by molar-refractivity contribution is -0.143. The van der Waals surface area contributed by atoms with E-state index in [2.05, 4.69) is 9.64 Å². The van der Waals surface area contributed by atoms with Crippen LogP contribution in [0.25, 0.3) is 0 Å². The molecule has 5 heteroatoms. The van der Waals surface area contributed by atoms with Crippen molar-refractivity contribution in [3.05, 3.63) is 0 Å². The molecule has 5 nitrogen and oxygen atoms in total. The minimum absolute atomic E-state index is 0.158. The van der Waals surface area contributed by atoms with Crippen LogP contribution in [-0.2, 0) is 14.3 Å². The van der Waals surface area contributed by atoms with Crippen molar-refractivity contribution in [1.29, 1.82) is 0 Å². The predicted molar refractivity (Wildman–Crippen MR) is 62.7 cm³/mol. The quantitative estimate of drug-likeness (QED) is 0.559. The molecule has 0 spiro atoms. The molecule has 1 rings (SSSR count). The second kappa shape index (κ2) is 7.27. The highest BCUT2D eigenvalue weighted by molar-refractivity contribution is 5.70. The van der Waals surface area contributed by atoms with Gasteiger partial charge < -0.3 is 14.7 Å². The number of hydrogen-bond acceptors (Lipinski definition) is 4. The zero-order chi connectivity index (χ0) is 12.7. The van der Waals surface area contributed by atoms with E-state index in [9.17, 15) is 9.59 Å². The summed E-state index contributed by atoms with van der Waals surface area (Å²) in [6.07, 6.45) is 3.76. The number of rotatable bonds is 6. The number of piperidine rings is 1. The lowest BCUT2D eigenvalue weighted by Crippen LogP contribution is -2.36. The van der Waals surface area contributed by atoms with Gasteiger partial charge in [-0.25, -0.2) is 0 Å². The van der Waals surface area contributed by atoms with Gasteiger partial charge in [-0.3, -0.25) is 9.59 Å². The zero-order valence-corrected chi connectivity index (χ0v) is 10.4. The molecule has 98 valence electrons. The maximum Gasteiger partial charge on any atom is 0.306 e. The molecule has 0 aliphatic carbocycles. The first-order valence-corrected chi connectivity index (χ1v) is 6.15. The van der Waals surface area contributed by atoms with E-state index in [-0.39, 0.29) is 11.9 Å². The molecule has 0 aromatic carbocycles. The fourth-order valence-electron chi connectivity index (χ4n) is 2.11. The number of esters is 1. The number of nitrogens with zero attached hydrogens (tertiary/aromatic N) is 1. The van der Waals surface area contributed by atoms with Gasteiger partial charge in [0.05, 0.1) is 13.0 Å². The van der Waals surface area contributed by atoms with Crippen LogP contribution < -0.4 is 0 Å². The van der Waals surface area contributed by atoms with Crippen LogP contribution in [0.2, 0.25) is 0 Å². The average molecular weight is 243 g/mol. The van der Waals surface area contributed by atoms with Crippen molar-refractivity contribution in [2.45, 2.75) is 32.1 Å². The Bertz CT molecular complexity index is 259. The third-order valence-corrected chi connectivity index (χ3v) is 3.27. The minimum atomic E-state index is -0.671. The van der Waals surface area contributed by atoms with Gasteiger partial charge in [-0.2, -0.15) is 0 Å². The van der Waals surface area contributed by atoms with E-state index < -0.39 is 5.97 Å². The first-order valence-electron chi connectivity index (χ1n) is 6.15. The number of carbonyl (C=O) groups excluding carboxylic acids is 1. The van der Waals surface area contributed by atoms with E-state index in [1.807, 2.05) is 0 Å². The lowest BCUT2D eigenvalue weighted by atomic mass is 9.97. The van der Waals surface area contributed by atoms with E-state index in [0.717, 1.165) is 45.3 Å². The summed E-state index contributed by atoms with van der Waals surface area (Å²) in [5, 5.41) is 8.86. The lowest BCUT2D eigenvalue weighted by Gasteiger charge is -2.29. The largest absolute Gasteiger partial charge is 0.481 e. The standard InChI is InChI=1S/C12H21NO4/c1-17-11(14)4-2-3-7-13-8-5-10(6-9-13)12(15)16/h10H,2-9H2,1H3,(H,15,16). The normalized spacial score (nSPS) is 17.9. The highest BCUT2D eigenvalue weighted by Gasteiger charge is 2.23. The Hall–Kier alpha value is -1.10. The molecule has 0 aromatic rings. The highest BCUT2D eigenvalue weighted by atomic mass is 16.5. The third kappa shape index (κ3) is 5.17. The molecule has 1 N–H and O–H groups in total. The van der Waals surface area contributed by atoms with Crippen LogP contribution in [0.3, 0.4) is 0 Å². The van der Waals surface area contributed by atoms with Crippen molar-refractivity contribution < 1.29 is 19.4 Å². The van der Waals surface area contributed by atoms with Gasteiger partial charge in [0.2, 0.25) is 0 Å². The number of likely N-dealkylation sites (tertiary alicyclic amines) is 1. The Kier molecular flexibility index (Phi) is 5.97. The van der Waals surface area contributed by atoms with Crippen LogP contribution >= 0.6 is 0 Å². The van der Waals surface area contributed by atoms with Crippen LogP contribution in [0.15, 0.2) is 0 Å². The fourth-order valence-corrected chi connectivity index (χ4v) is 2.11. The van der Waals surface area contributed by atoms with Crippen molar-refractivity contribution in [3.8, 4) is 0 Å². The van der Waals surface area contributed by atoms with Crippen LogP contribution in [0.1, 0.15) is 32.1 Å². The van der Waals surface area contributed by atoms with Gasteiger partial charge >= 0.3 is 11.9 Å². The fraction of sp³-hybridized carbons (Fsp3) is 0.833. The predicted octanol–water partition coefficient (Wildman–Crippen LogP) is 1.13. The summed E-state index contributed by atoms with van der Waals surface area (Å²) in [6.45, 7) is 2.66. The van der Waals surface area contributed by atoms with E-state index in [4.69, 9.17) is 5.11 Å². The number of methoxy groups -OCH3 is 1. The first-order chi connectivity index (χ1) is 8.13. The van der Waals surface area contributed by atoms with Crippen molar-refractivity contribution >= 4 is 11.9 Å². The van der Waals surface area contributed by atoms with Gasteiger partial charge in [-0.05, 0) is 45.3 Å². The molecule has 0 bridgehead atoms. The molecule has 0 aromatic heterocycles. The summed E-state index contributed by atoms with van der Waals surface area (Å²) in [6, 6.07) is 0.